The molecule has 0 aromatic heterocycles. The maximum absolute atomic E-state index is 11.8. The Labute approximate surface area is 125 Å². The average molecular weight is 300 g/mol. The number of nitrogens with one attached hydrogen (secondary N) is 1. The Morgan fingerprint density at radius 1 is 1.26 bits per heavy atom. The van der Waals surface area contributed by atoms with Crippen molar-refractivity contribution in [1.29, 1.82) is 0 Å². The molecule has 0 bridgehead atoms. The van der Waals surface area contributed by atoms with E-state index in [0.29, 0.717) is 18.2 Å². The van der Waals surface area contributed by atoms with Gasteiger partial charge in [-0.2, -0.15) is 0 Å². The first-order valence-electron chi connectivity index (χ1n) is 6.66. The largest absolute Gasteiger partial charge is 0.355 e. The summed E-state index contributed by atoms with van der Waals surface area (Å²) in [5, 5.41) is 3.00. The van der Waals surface area contributed by atoms with Crippen LogP contribution in [0.4, 0.5) is 0 Å². The van der Waals surface area contributed by atoms with Crippen LogP contribution in [0.2, 0.25) is 0 Å². The van der Waals surface area contributed by atoms with Crippen LogP contribution in [0.15, 0.2) is 35.2 Å². The molecule has 0 unspecified atom stereocenters. The van der Waals surface area contributed by atoms with Crippen molar-refractivity contribution in [3.8, 4) is 0 Å². The van der Waals surface area contributed by atoms with Crippen molar-refractivity contribution in [3.05, 3.63) is 30.3 Å². The third-order valence-electron chi connectivity index (χ3n) is 3.56. The molecule has 0 radical (unpaired) electrons. The van der Waals surface area contributed by atoms with E-state index in [4.69, 9.17) is 11.6 Å². The average Bonchev–Trinajstić information content (AvgIpc) is 2.48. The van der Waals surface area contributed by atoms with Gasteiger partial charge < -0.3 is 5.32 Å². The molecule has 0 aliphatic heterocycles. The van der Waals surface area contributed by atoms with E-state index in [1.165, 1.54) is 0 Å². The van der Waals surface area contributed by atoms with Crippen molar-refractivity contribution >= 4 is 29.3 Å². The highest BCUT2D eigenvalue weighted by Crippen LogP contribution is 2.27. The predicted octanol–water partition coefficient (Wildman–Crippen LogP) is 3.94. The van der Waals surface area contributed by atoms with Gasteiger partial charge in [-0.1, -0.05) is 32.0 Å². The molecular formula is C15H22ClNOS. The van der Waals surface area contributed by atoms with Crippen molar-refractivity contribution in [1.82, 2.24) is 5.32 Å². The van der Waals surface area contributed by atoms with Crippen molar-refractivity contribution in [2.24, 2.45) is 5.41 Å². The molecule has 19 heavy (non-hydrogen) atoms. The zero-order chi connectivity index (χ0) is 14.1. The van der Waals surface area contributed by atoms with Crippen LogP contribution in [-0.4, -0.2) is 24.1 Å². The Kier molecular flexibility index (Phi) is 7.32. The quantitative estimate of drug-likeness (QED) is 0.582. The molecule has 4 heteroatoms. The lowest BCUT2D eigenvalue weighted by atomic mass is 9.84. The summed E-state index contributed by atoms with van der Waals surface area (Å²) in [6, 6.07) is 9.96. The van der Waals surface area contributed by atoms with Gasteiger partial charge in [0, 0.05) is 22.7 Å². The minimum Gasteiger partial charge on any atom is -0.355 e. The smallest absolute Gasteiger partial charge is 0.230 e. The van der Waals surface area contributed by atoms with E-state index in [9.17, 15) is 4.79 Å². The van der Waals surface area contributed by atoms with Gasteiger partial charge in [-0.25, -0.2) is 0 Å². The van der Waals surface area contributed by atoms with Crippen LogP contribution in [0.25, 0.3) is 0 Å². The topological polar surface area (TPSA) is 29.1 Å². The molecule has 1 aromatic rings. The first kappa shape index (κ1) is 16.4. The van der Waals surface area contributed by atoms with Crippen LogP contribution in [0.1, 0.15) is 26.7 Å². The zero-order valence-corrected chi connectivity index (χ0v) is 13.2. The lowest BCUT2D eigenvalue weighted by Gasteiger charge is -2.29. The van der Waals surface area contributed by atoms with Gasteiger partial charge in [-0.3, -0.25) is 4.79 Å². The lowest BCUT2D eigenvalue weighted by molar-refractivity contribution is -0.119. The van der Waals surface area contributed by atoms with Crippen LogP contribution >= 0.6 is 23.4 Å². The fourth-order valence-electron chi connectivity index (χ4n) is 1.74. The highest BCUT2D eigenvalue weighted by Gasteiger charge is 2.25. The van der Waals surface area contributed by atoms with E-state index in [0.717, 1.165) is 17.7 Å². The van der Waals surface area contributed by atoms with E-state index in [2.05, 4.69) is 19.2 Å². The number of carbonyl (C=O) groups is 1. The van der Waals surface area contributed by atoms with Crippen molar-refractivity contribution in [2.75, 3.05) is 18.2 Å². The van der Waals surface area contributed by atoms with Crippen LogP contribution in [0.5, 0.6) is 0 Å². The summed E-state index contributed by atoms with van der Waals surface area (Å²) in [4.78, 5) is 13.0. The molecule has 1 amide bonds. The van der Waals surface area contributed by atoms with Gasteiger partial charge >= 0.3 is 0 Å². The van der Waals surface area contributed by atoms with E-state index in [1.807, 2.05) is 30.3 Å². The molecule has 0 saturated carbocycles. The maximum atomic E-state index is 11.8. The highest BCUT2D eigenvalue weighted by atomic mass is 35.5. The summed E-state index contributed by atoms with van der Waals surface area (Å²) in [6.07, 6.45) is 1.97. The molecule has 0 atom stereocenters. The highest BCUT2D eigenvalue weighted by molar-refractivity contribution is 8.00. The number of alkyl halides is 1. The fourth-order valence-corrected chi connectivity index (χ4v) is 2.96. The summed E-state index contributed by atoms with van der Waals surface area (Å²) in [5.74, 6) is 1.12. The number of rotatable bonds is 8. The SMILES string of the molecule is CCC(CC)(CCl)CNC(=O)CSc1ccccc1. The minimum absolute atomic E-state index is 0.0363. The van der Waals surface area contributed by atoms with Gasteiger partial charge in [-0.05, 0) is 25.0 Å². The number of hydrogen-bond donors (Lipinski definition) is 1. The molecule has 1 aromatic carbocycles. The Balaban J connectivity index is 2.35. The molecule has 106 valence electrons. The van der Waals surface area contributed by atoms with E-state index in [1.54, 1.807) is 11.8 Å². The molecule has 0 aliphatic carbocycles. The van der Waals surface area contributed by atoms with Gasteiger partial charge in [0.1, 0.15) is 0 Å². The number of amides is 1. The van der Waals surface area contributed by atoms with Gasteiger partial charge in [0.05, 0.1) is 5.75 Å². The summed E-state index contributed by atoms with van der Waals surface area (Å²) in [6.45, 7) is 4.91. The van der Waals surface area contributed by atoms with Gasteiger partial charge in [0.15, 0.2) is 0 Å². The van der Waals surface area contributed by atoms with E-state index >= 15 is 0 Å². The normalized spacial score (nSPS) is 11.3. The monoisotopic (exact) mass is 299 g/mol. The second-order valence-electron chi connectivity index (χ2n) is 4.72. The molecule has 1 rings (SSSR count). The Hall–Kier alpha value is -0.670. The molecule has 0 heterocycles. The number of thioether (sulfide) groups is 1. The third kappa shape index (κ3) is 5.45. The van der Waals surface area contributed by atoms with Crippen molar-refractivity contribution < 1.29 is 4.79 Å². The number of hydrogen-bond acceptors (Lipinski definition) is 2. The van der Waals surface area contributed by atoms with Crippen LogP contribution in [-0.2, 0) is 4.79 Å². The summed E-state index contributed by atoms with van der Waals surface area (Å²) in [7, 11) is 0. The van der Waals surface area contributed by atoms with Crippen molar-refractivity contribution in [3.63, 3.8) is 0 Å². The summed E-state index contributed by atoms with van der Waals surface area (Å²) in [5.41, 5.74) is 0.0363. The first-order valence-corrected chi connectivity index (χ1v) is 8.18. The summed E-state index contributed by atoms with van der Waals surface area (Å²) >= 11 is 7.58. The maximum Gasteiger partial charge on any atom is 0.230 e. The molecule has 0 aliphatic rings. The van der Waals surface area contributed by atoms with E-state index in [-0.39, 0.29) is 11.3 Å². The lowest BCUT2D eigenvalue weighted by Crippen LogP contribution is -2.39. The van der Waals surface area contributed by atoms with Crippen molar-refractivity contribution in [2.45, 2.75) is 31.6 Å². The standard InChI is InChI=1S/C15H22ClNOS/c1-3-15(4-2,11-16)12-17-14(18)10-19-13-8-6-5-7-9-13/h5-9H,3-4,10-12H2,1-2H3,(H,17,18). The van der Waals surface area contributed by atoms with Gasteiger partial charge in [0.2, 0.25) is 5.91 Å². The Bertz CT molecular complexity index is 371. The molecule has 0 spiro atoms. The van der Waals surface area contributed by atoms with Crippen LogP contribution in [0, 0.1) is 5.41 Å². The van der Waals surface area contributed by atoms with Gasteiger partial charge in [0.25, 0.3) is 0 Å². The second kappa shape index (κ2) is 8.49. The molecule has 1 N–H and O–H groups in total. The summed E-state index contributed by atoms with van der Waals surface area (Å²) < 4.78 is 0. The first-order chi connectivity index (χ1) is 9.15. The molecule has 0 saturated heterocycles. The minimum atomic E-state index is 0.0363. The number of benzene rings is 1. The Morgan fingerprint density at radius 3 is 2.42 bits per heavy atom. The molecule has 2 nitrogen and oxygen atoms in total. The van der Waals surface area contributed by atoms with Crippen LogP contribution < -0.4 is 5.32 Å². The second-order valence-corrected chi connectivity index (χ2v) is 6.04. The zero-order valence-electron chi connectivity index (χ0n) is 11.6. The van der Waals surface area contributed by atoms with Gasteiger partial charge in [-0.15, -0.1) is 23.4 Å². The molecule has 0 fully saturated rings. The number of halogens is 1. The molecular weight excluding hydrogens is 278 g/mol. The van der Waals surface area contributed by atoms with E-state index < -0.39 is 0 Å². The predicted molar refractivity (Wildman–Crippen MR) is 83.9 cm³/mol. The third-order valence-corrected chi connectivity index (χ3v) is 5.14. The fraction of sp³-hybridized carbons (Fsp3) is 0.533. The number of carbonyl (C=O) groups excluding carboxylic acids is 1. The Morgan fingerprint density at radius 2 is 1.89 bits per heavy atom. The van der Waals surface area contributed by atoms with Crippen LogP contribution in [0.3, 0.4) is 0 Å².